The highest BCUT2D eigenvalue weighted by molar-refractivity contribution is 7.14. The van der Waals surface area contributed by atoms with Crippen LogP contribution in [-0.2, 0) is 16.0 Å². The maximum absolute atomic E-state index is 12.0. The Balaban J connectivity index is 1.57. The minimum atomic E-state index is -0.627. The molecular weight excluding hydrogens is 352 g/mol. The lowest BCUT2D eigenvalue weighted by Crippen LogP contribution is -2.46. The molecule has 1 aromatic heterocycles. The van der Waals surface area contributed by atoms with Gasteiger partial charge in [0.2, 0.25) is 11.8 Å². The average Bonchev–Trinajstić information content (AvgIpc) is 3.27. The van der Waals surface area contributed by atoms with Crippen LogP contribution in [0.15, 0.2) is 23.6 Å². The molecule has 1 aliphatic rings. The number of anilines is 1. The van der Waals surface area contributed by atoms with Gasteiger partial charge in [0.15, 0.2) is 5.13 Å². The van der Waals surface area contributed by atoms with Crippen LogP contribution in [0.2, 0.25) is 0 Å². The Bertz CT molecular complexity index is 819. The molecule has 4 N–H and O–H groups in total. The molecule has 3 rings (SSSR count). The predicted octanol–water partition coefficient (Wildman–Crippen LogP) is 1.78. The first kappa shape index (κ1) is 18.3. The van der Waals surface area contributed by atoms with Crippen LogP contribution in [0.25, 0.3) is 11.3 Å². The van der Waals surface area contributed by atoms with Crippen LogP contribution in [0.5, 0.6) is 5.75 Å². The number of benzene rings is 1. The average molecular weight is 374 g/mol. The highest BCUT2D eigenvalue weighted by Gasteiger charge is 2.18. The number of carbonyl (C=O) groups is 2. The van der Waals surface area contributed by atoms with E-state index in [4.69, 9.17) is 10.5 Å². The molecule has 0 saturated carbocycles. The Hall–Kier alpha value is -2.45. The minimum absolute atomic E-state index is 0.0114. The number of nitrogens with one attached hydrogen (secondary N) is 2. The van der Waals surface area contributed by atoms with Crippen LogP contribution in [0, 0.1) is 5.92 Å². The van der Waals surface area contributed by atoms with Crippen molar-refractivity contribution < 1.29 is 14.3 Å². The topological polar surface area (TPSA) is 106 Å². The second-order valence-corrected chi connectivity index (χ2v) is 7.35. The standard InChI is InChI=1S/C18H22N4O3S/c1-10(2)16(19)17(24)20-8-15(23)22-18-21-13(9-26-18)11-3-4-14-12(7-11)5-6-25-14/h3-4,7,9-10,16H,5-6,8,19H2,1-2H3,(H,20,24)(H,21,22,23)/t16-/m0/s1. The smallest absolute Gasteiger partial charge is 0.245 e. The van der Waals surface area contributed by atoms with E-state index in [0.29, 0.717) is 11.7 Å². The summed E-state index contributed by atoms with van der Waals surface area (Å²) in [6.45, 7) is 4.28. The van der Waals surface area contributed by atoms with Crippen molar-refractivity contribution in [2.75, 3.05) is 18.5 Å². The molecule has 2 aromatic rings. The monoisotopic (exact) mass is 374 g/mol. The number of amides is 2. The van der Waals surface area contributed by atoms with Crippen molar-refractivity contribution in [1.29, 1.82) is 0 Å². The highest BCUT2D eigenvalue weighted by Crippen LogP contribution is 2.31. The van der Waals surface area contributed by atoms with Crippen molar-refractivity contribution in [3.05, 3.63) is 29.1 Å². The Kier molecular flexibility index (Phi) is 5.53. The molecule has 2 heterocycles. The maximum Gasteiger partial charge on any atom is 0.245 e. The van der Waals surface area contributed by atoms with Gasteiger partial charge in [-0.05, 0) is 29.7 Å². The molecule has 1 atom stereocenters. The molecule has 0 radical (unpaired) electrons. The van der Waals surface area contributed by atoms with E-state index in [0.717, 1.165) is 23.4 Å². The molecule has 1 aliphatic heterocycles. The van der Waals surface area contributed by atoms with Gasteiger partial charge in [0.05, 0.1) is 24.9 Å². The van der Waals surface area contributed by atoms with Crippen molar-refractivity contribution in [2.24, 2.45) is 11.7 Å². The van der Waals surface area contributed by atoms with E-state index in [-0.39, 0.29) is 24.3 Å². The number of aromatic nitrogens is 1. The lowest BCUT2D eigenvalue weighted by Gasteiger charge is -2.14. The highest BCUT2D eigenvalue weighted by atomic mass is 32.1. The zero-order valence-corrected chi connectivity index (χ0v) is 15.6. The molecule has 1 aromatic carbocycles. The van der Waals surface area contributed by atoms with Crippen LogP contribution in [-0.4, -0.2) is 36.0 Å². The van der Waals surface area contributed by atoms with Gasteiger partial charge in [-0.3, -0.25) is 9.59 Å². The number of rotatable bonds is 6. The fourth-order valence-electron chi connectivity index (χ4n) is 2.56. The molecule has 0 fully saturated rings. The molecule has 138 valence electrons. The van der Waals surface area contributed by atoms with E-state index in [2.05, 4.69) is 21.7 Å². The molecule has 0 spiro atoms. The zero-order chi connectivity index (χ0) is 18.7. The molecular formula is C18H22N4O3S. The van der Waals surface area contributed by atoms with Crippen LogP contribution in [0.1, 0.15) is 19.4 Å². The third-order valence-corrected chi connectivity index (χ3v) is 4.94. The quantitative estimate of drug-likeness (QED) is 0.715. The van der Waals surface area contributed by atoms with Gasteiger partial charge in [0.25, 0.3) is 0 Å². The molecule has 0 unspecified atom stereocenters. The van der Waals surface area contributed by atoms with Gasteiger partial charge in [-0.2, -0.15) is 0 Å². The fourth-order valence-corrected chi connectivity index (χ4v) is 3.30. The third-order valence-electron chi connectivity index (χ3n) is 4.18. The van der Waals surface area contributed by atoms with E-state index >= 15 is 0 Å². The molecule has 7 nitrogen and oxygen atoms in total. The summed E-state index contributed by atoms with van der Waals surface area (Å²) in [5, 5.41) is 7.61. The first-order chi connectivity index (χ1) is 12.4. The van der Waals surface area contributed by atoms with Gasteiger partial charge in [-0.25, -0.2) is 4.98 Å². The van der Waals surface area contributed by atoms with Gasteiger partial charge in [-0.1, -0.05) is 13.8 Å². The number of hydrogen-bond acceptors (Lipinski definition) is 6. The minimum Gasteiger partial charge on any atom is -0.493 e. The number of nitrogens with two attached hydrogens (primary N) is 1. The summed E-state index contributed by atoms with van der Waals surface area (Å²) >= 11 is 1.34. The van der Waals surface area contributed by atoms with Crippen molar-refractivity contribution in [1.82, 2.24) is 10.3 Å². The maximum atomic E-state index is 12.0. The van der Waals surface area contributed by atoms with Gasteiger partial charge < -0.3 is 21.1 Å². The van der Waals surface area contributed by atoms with Gasteiger partial charge >= 0.3 is 0 Å². The van der Waals surface area contributed by atoms with Crippen molar-refractivity contribution in [2.45, 2.75) is 26.3 Å². The lowest BCUT2D eigenvalue weighted by atomic mass is 10.1. The van der Waals surface area contributed by atoms with E-state index in [9.17, 15) is 9.59 Å². The Morgan fingerprint density at radius 1 is 1.38 bits per heavy atom. The van der Waals surface area contributed by atoms with Gasteiger partial charge in [-0.15, -0.1) is 11.3 Å². The molecule has 0 bridgehead atoms. The zero-order valence-electron chi connectivity index (χ0n) is 14.7. The van der Waals surface area contributed by atoms with E-state index in [1.54, 1.807) is 0 Å². The van der Waals surface area contributed by atoms with Crippen LogP contribution < -0.4 is 21.1 Å². The predicted molar refractivity (Wildman–Crippen MR) is 101 cm³/mol. The molecule has 0 saturated heterocycles. The second-order valence-electron chi connectivity index (χ2n) is 6.49. The number of hydrogen-bond donors (Lipinski definition) is 3. The number of fused-ring (bicyclic) bond motifs is 1. The normalized spacial score (nSPS) is 13.8. The van der Waals surface area contributed by atoms with E-state index < -0.39 is 6.04 Å². The number of thiazole rings is 1. The largest absolute Gasteiger partial charge is 0.493 e. The number of ether oxygens (including phenoxy) is 1. The third kappa shape index (κ3) is 4.20. The number of nitrogens with zero attached hydrogens (tertiary/aromatic N) is 1. The summed E-state index contributed by atoms with van der Waals surface area (Å²) in [5.74, 6) is 0.262. The molecule has 26 heavy (non-hydrogen) atoms. The fraction of sp³-hybridized carbons (Fsp3) is 0.389. The van der Waals surface area contributed by atoms with Crippen molar-refractivity contribution in [3.63, 3.8) is 0 Å². The molecule has 2 amide bonds. The first-order valence-corrected chi connectivity index (χ1v) is 9.37. The summed E-state index contributed by atoms with van der Waals surface area (Å²) in [7, 11) is 0. The van der Waals surface area contributed by atoms with Crippen LogP contribution in [0.3, 0.4) is 0 Å². The van der Waals surface area contributed by atoms with Crippen LogP contribution in [0.4, 0.5) is 5.13 Å². The van der Waals surface area contributed by atoms with E-state index in [1.165, 1.54) is 16.9 Å². The van der Waals surface area contributed by atoms with Gasteiger partial charge in [0.1, 0.15) is 5.75 Å². The summed E-state index contributed by atoms with van der Waals surface area (Å²) in [4.78, 5) is 28.2. The lowest BCUT2D eigenvalue weighted by molar-refractivity contribution is -0.125. The second kappa shape index (κ2) is 7.84. The Labute approximate surface area is 156 Å². The molecule has 0 aliphatic carbocycles. The first-order valence-electron chi connectivity index (χ1n) is 8.49. The van der Waals surface area contributed by atoms with Gasteiger partial charge in [0, 0.05) is 17.4 Å². The summed E-state index contributed by atoms with van der Waals surface area (Å²) < 4.78 is 5.51. The Morgan fingerprint density at radius 2 is 2.19 bits per heavy atom. The molecule has 8 heteroatoms. The van der Waals surface area contributed by atoms with Crippen molar-refractivity contribution >= 4 is 28.3 Å². The van der Waals surface area contributed by atoms with Crippen molar-refractivity contribution in [3.8, 4) is 17.0 Å². The summed E-state index contributed by atoms with van der Waals surface area (Å²) in [5.41, 5.74) is 8.70. The summed E-state index contributed by atoms with van der Waals surface area (Å²) in [6.07, 6.45) is 0.898. The Morgan fingerprint density at radius 3 is 2.96 bits per heavy atom. The van der Waals surface area contributed by atoms with Crippen LogP contribution >= 0.6 is 11.3 Å². The van der Waals surface area contributed by atoms with E-state index in [1.807, 2.05) is 31.4 Å². The summed E-state index contributed by atoms with van der Waals surface area (Å²) in [6, 6.07) is 5.34. The number of carbonyl (C=O) groups excluding carboxylic acids is 2. The SMILES string of the molecule is CC(C)[C@H](N)C(=O)NCC(=O)Nc1nc(-c2ccc3c(c2)CCO3)cs1.